The molecule has 1 atom stereocenters. The minimum absolute atomic E-state index is 0.0427. The number of fused-ring (bicyclic) bond motifs is 1. The van der Waals surface area contributed by atoms with Crippen LogP contribution in [0.15, 0.2) is 42.5 Å². The molecule has 2 aromatic carbocycles. The van der Waals surface area contributed by atoms with E-state index in [1.807, 2.05) is 24.3 Å². The van der Waals surface area contributed by atoms with Gasteiger partial charge < -0.3 is 16.0 Å². The SMILES string of the molecule is O=C(NC1CCCCCC1)c1ccc2c(c1)C(c1ccc(NC(=O)C3CCCCC3)cc1)CN2. The molecule has 2 saturated carbocycles. The molecule has 2 amide bonds. The van der Waals surface area contributed by atoms with E-state index in [1.54, 1.807) is 0 Å². The number of hydrogen-bond donors (Lipinski definition) is 3. The molecule has 1 heterocycles. The second-order valence-electron chi connectivity index (χ2n) is 10.3. The zero-order valence-corrected chi connectivity index (χ0v) is 20.1. The molecule has 0 aromatic heterocycles. The Kier molecular flexibility index (Phi) is 7.17. The molecule has 5 rings (SSSR count). The van der Waals surface area contributed by atoms with Crippen LogP contribution >= 0.6 is 0 Å². The summed E-state index contributed by atoms with van der Waals surface area (Å²) >= 11 is 0. The summed E-state index contributed by atoms with van der Waals surface area (Å²) < 4.78 is 0. The summed E-state index contributed by atoms with van der Waals surface area (Å²) in [5, 5.41) is 9.88. The number of carbonyl (C=O) groups excluding carboxylic acids is 2. The molecule has 180 valence electrons. The largest absolute Gasteiger partial charge is 0.384 e. The predicted octanol–water partition coefficient (Wildman–Crippen LogP) is 6.22. The third-order valence-corrected chi connectivity index (χ3v) is 7.93. The van der Waals surface area contributed by atoms with Crippen molar-refractivity contribution in [3.8, 4) is 0 Å². The van der Waals surface area contributed by atoms with Gasteiger partial charge >= 0.3 is 0 Å². The summed E-state index contributed by atoms with van der Waals surface area (Å²) in [7, 11) is 0. The van der Waals surface area contributed by atoms with Crippen LogP contribution in [0.4, 0.5) is 11.4 Å². The van der Waals surface area contributed by atoms with E-state index in [1.165, 1.54) is 43.2 Å². The van der Waals surface area contributed by atoms with Crippen LogP contribution in [0.1, 0.15) is 98.0 Å². The van der Waals surface area contributed by atoms with Crippen molar-refractivity contribution in [2.24, 2.45) is 5.92 Å². The number of benzene rings is 2. The Balaban J connectivity index is 1.25. The number of hydrogen-bond acceptors (Lipinski definition) is 3. The molecule has 2 aromatic rings. The highest BCUT2D eigenvalue weighted by Gasteiger charge is 2.26. The van der Waals surface area contributed by atoms with E-state index in [9.17, 15) is 9.59 Å². The molecule has 0 radical (unpaired) electrons. The normalized spacial score (nSPS) is 21.2. The molecule has 5 nitrogen and oxygen atoms in total. The molecule has 34 heavy (non-hydrogen) atoms. The highest BCUT2D eigenvalue weighted by molar-refractivity contribution is 5.95. The van der Waals surface area contributed by atoms with Gasteiger partial charge in [-0.15, -0.1) is 0 Å². The quantitative estimate of drug-likeness (QED) is 0.465. The molecular weight excluding hydrogens is 422 g/mol. The Morgan fingerprint density at radius 3 is 2.21 bits per heavy atom. The van der Waals surface area contributed by atoms with Crippen LogP contribution in [-0.4, -0.2) is 24.4 Å². The van der Waals surface area contributed by atoms with Gasteiger partial charge in [-0.1, -0.05) is 57.1 Å². The molecule has 0 spiro atoms. The van der Waals surface area contributed by atoms with Gasteiger partial charge in [0.05, 0.1) is 0 Å². The van der Waals surface area contributed by atoms with Crippen molar-refractivity contribution in [3.63, 3.8) is 0 Å². The average molecular weight is 460 g/mol. The van der Waals surface area contributed by atoms with Gasteiger partial charge in [-0.3, -0.25) is 9.59 Å². The van der Waals surface area contributed by atoms with E-state index in [2.05, 4.69) is 34.1 Å². The molecule has 3 aliphatic rings. The Bertz CT molecular complexity index is 1000. The van der Waals surface area contributed by atoms with Gasteiger partial charge in [0, 0.05) is 41.4 Å². The number of carbonyl (C=O) groups is 2. The van der Waals surface area contributed by atoms with Crippen LogP contribution in [0.2, 0.25) is 0 Å². The highest BCUT2D eigenvalue weighted by Crippen LogP contribution is 2.37. The van der Waals surface area contributed by atoms with Gasteiger partial charge in [0.15, 0.2) is 0 Å². The van der Waals surface area contributed by atoms with Crippen molar-refractivity contribution in [2.45, 2.75) is 82.6 Å². The monoisotopic (exact) mass is 459 g/mol. The lowest BCUT2D eigenvalue weighted by Crippen LogP contribution is -2.34. The summed E-state index contributed by atoms with van der Waals surface area (Å²) in [6, 6.07) is 14.6. The van der Waals surface area contributed by atoms with Crippen molar-refractivity contribution < 1.29 is 9.59 Å². The van der Waals surface area contributed by atoms with E-state index >= 15 is 0 Å². The van der Waals surface area contributed by atoms with E-state index in [4.69, 9.17) is 0 Å². The first-order valence-electron chi connectivity index (χ1n) is 13.3. The molecular formula is C29H37N3O2. The third-order valence-electron chi connectivity index (χ3n) is 7.93. The van der Waals surface area contributed by atoms with E-state index in [0.29, 0.717) is 6.04 Å². The summed E-state index contributed by atoms with van der Waals surface area (Å²) in [6.07, 6.45) is 12.7. The van der Waals surface area contributed by atoms with Gasteiger partial charge in [-0.05, 0) is 67.1 Å². The van der Waals surface area contributed by atoms with E-state index in [0.717, 1.165) is 62.0 Å². The highest BCUT2D eigenvalue weighted by atomic mass is 16.2. The lowest BCUT2D eigenvalue weighted by Gasteiger charge is -2.21. The van der Waals surface area contributed by atoms with Crippen molar-refractivity contribution in [1.29, 1.82) is 0 Å². The van der Waals surface area contributed by atoms with Crippen LogP contribution < -0.4 is 16.0 Å². The number of nitrogens with one attached hydrogen (secondary N) is 3. The first-order chi connectivity index (χ1) is 16.7. The fourth-order valence-electron chi connectivity index (χ4n) is 5.87. The second kappa shape index (κ2) is 10.6. The van der Waals surface area contributed by atoms with Crippen LogP contribution in [0.5, 0.6) is 0 Å². The van der Waals surface area contributed by atoms with E-state index < -0.39 is 0 Å². The van der Waals surface area contributed by atoms with Crippen LogP contribution in [0.25, 0.3) is 0 Å². The van der Waals surface area contributed by atoms with Crippen LogP contribution in [-0.2, 0) is 4.79 Å². The molecule has 5 heteroatoms. The fraction of sp³-hybridized carbons (Fsp3) is 0.517. The fourth-order valence-corrected chi connectivity index (χ4v) is 5.87. The first kappa shape index (κ1) is 22.9. The molecule has 3 N–H and O–H groups in total. The maximum atomic E-state index is 13.0. The molecule has 2 aliphatic carbocycles. The molecule has 2 fully saturated rings. The lowest BCUT2D eigenvalue weighted by atomic mass is 9.88. The van der Waals surface area contributed by atoms with Crippen molar-refractivity contribution in [2.75, 3.05) is 17.2 Å². The zero-order valence-electron chi connectivity index (χ0n) is 20.1. The molecule has 1 aliphatic heterocycles. The average Bonchev–Trinajstić information content (AvgIpc) is 3.13. The molecule has 0 saturated heterocycles. The summed E-state index contributed by atoms with van der Waals surface area (Å²) in [5.74, 6) is 0.552. The van der Waals surface area contributed by atoms with Gasteiger partial charge in [-0.2, -0.15) is 0 Å². The minimum Gasteiger partial charge on any atom is -0.384 e. The molecule has 0 bridgehead atoms. The van der Waals surface area contributed by atoms with E-state index in [-0.39, 0.29) is 23.7 Å². The standard InChI is InChI=1S/C29H37N3O2/c33-28(21-8-4-3-5-9-21)32-24-15-12-20(13-16-24)26-19-30-27-17-14-22(18-25(26)27)29(34)31-23-10-6-1-2-7-11-23/h12-18,21,23,26,30H,1-11,19H2,(H,31,34)(H,32,33). The summed E-state index contributed by atoms with van der Waals surface area (Å²) in [4.78, 5) is 25.6. The Labute approximate surface area is 203 Å². The van der Waals surface area contributed by atoms with Gasteiger partial charge in [0.25, 0.3) is 5.91 Å². The number of rotatable bonds is 5. The van der Waals surface area contributed by atoms with Crippen molar-refractivity contribution in [1.82, 2.24) is 5.32 Å². The topological polar surface area (TPSA) is 70.2 Å². The second-order valence-corrected chi connectivity index (χ2v) is 10.3. The van der Waals surface area contributed by atoms with Crippen molar-refractivity contribution in [3.05, 3.63) is 59.2 Å². The third kappa shape index (κ3) is 5.29. The van der Waals surface area contributed by atoms with Crippen LogP contribution in [0.3, 0.4) is 0 Å². The van der Waals surface area contributed by atoms with Crippen LogP contribution in [0, 0.1) is 5.92 Å². The first-order valence-corrected chi connectivity index (χ1v) is 13.3. The summed E-state index contributed by atoms with van der Waals surface area (Å²) in [5.41, 5.74) is 5.08. The minimum atomic E-state index is 0.0427. The lowest BCUT2D eigenvalue weighted by molar-refractivity contribution is -0.120. The Morgan fingerprint density at radius 1 is 0.794 bits per heavy atom. The van der Waals surface area contributed by atoms with Gasteiger partial charge in [-0.25, -0.2) is 0 Å². The predicted molar refractivity (Wildman–Crippen MR) is 137 cm³/mol. The molecule has 1 unspecified atom stereocenters. The van der Waals surface area contributed by atoms with Gasteiger partial charge in [0.2, 0.25) is 5.91 Å². The Hall–Kier alpha value is -2.82. The smallest absolute Gasteiger partial charge is 0.251 e. The Morgan fingerprint density at radius 2 is 1.47 bits per heavy atom. The van der Waals surface area contributed by atoms with Crippen molar-refractivity contribution >= 4 is 23.2 Å². The summed E-state index contributed by atoms with van der Waals surface area (Å²) in [6.45, 7) is 0.816. The number of amides is 2. The zero-order chi connectivity index (χ0) is 23.3. The van der Waals surface area contributed by atoms with Gasteiger partial charge in [0.1, 0.15) is 0 Å². The maximum absolute atomic E-state index is 13.0. The number of anilines is 2. The maximum Gasteiger partial charge on any atom is 0.251 e.